The Morgan fingerprint density at radius 2 is 1.97 bits per heavy atom. The maximum absolute atomic E-state index is 11.9. The number of halogens is 3. The van der Waals surface area contributed by atoms with Gasteiger partial charge in [-0.25, -0.2) is 4.63 Å². The van der Waals surface area contributed by atoms with Crippen molar-refractivity contribution in [1.82, 2.24) is 20.9 Å². The van der Waals surface area contributed by atoms with Gasteiger partial charge in [-0.2, -0.15) is 0 Å². The van der Waals surface area contributed by atoms with Crippen LogP contribution in [0, 0.1) is 0 Å². The van der Waals surface area contributed by atoms with E-state index >= 15 is 0 Å². The molecule has 2 aromatic carbocycles. The second-order valence-electron chi connectivity index (χ2n) is 6.21. The third-order valence-electron chi connectivity index (χ3n) is 4.05. The first-order valence-electron chi connectivity index (χ1n) is 8.86. The molecule has 0 aliphatic rings. The number of amides is 1. The van der Waals surface area contributed by atoms with Crippen molar-refractivity contribution >= 4 is 50.9 Å². The Morgan fingerprint density at radius 1 is 1.13 bits per heavy atom. The Kier molecular flexibility index (Phi) is 7.92. The molecule has 3 rings (SSSR count). The number of carbonyl (C=O) groups excluding carboxylic acids is 1. The molecule has 0 atom stereocenters. The van der Waals surface area contributed by atoms with Gasteiger partial charge >= 0.3 is 0 Å². The summed E-state index contributed by atoms with van der Waals surface area (Å²) >= 11 is 15.6. The van der Waals surface area contributed by atoms with Crippen molar-refractivity contribution in [2.24, 2.45) is 0 Å². The van der Waals surface area contributed by atoms with Gasteiger partial charge in [0.25, 0.3) is 5.91 Å². The van der Waals surface area contributed by atoms with Crippen LogP contribution in [0.2, 0.25) is 10.0 Å². The van der Waals surface area contributed by atoms with E-state index in [1.54, 1.807) is 12.1 Å². The number of aromatic nitrogens is 2. The molecule has 0 radical (unpaired) electrons. The topological polar surface area (TPSA) is 115 Å². The van der Waals surface area contributed by atoms with E-state index in [1.807, 2.05) is 24.3 Å². The molecule has 0 fully saturated rings. The van der Waals surface area contributed by atoms with Gasteiger partial charge in [-0.05, 0) is 40.6 Å². The molecule has 8 nitrogen and oxygen atoms in total. The highest BCUT2D eigenvalue weighted by molar-refractivity contribution is 9.10. The summed E-state index contributed by atoms with van der Waals surface area (Å²) in [5, 5.41) is 13.9. The highest BCUT2D eigenvalue weighted by atomic mass is 79.9. The summed E-state index contributed by atoms with van der Waals surface area (Å²) in [6.45, 7) is 1.74. The van der Waals surface area contributed by atoms with E-state index in [9.17, 15) is 4.79 Å². The SMILES string of the molecule is Nc1nonc1C(=O)NCCNCc1cc(Br)ccc1OCc1ccc(Cl)cc1Cl. The average molecular weight is 515 g/mol. The zero-order valence-corrected chi connectivity index (χ0v) is 18.7. The van der Waals surface area contributed by atoms with E-state index in [0.717, 1.165) is 21.3 Å². The largest absolute Gasteiger partial charge is 0.489 e. The van der Waals surface area contributed by atoms with Crippen molar-refractivity contribution in [2.45, 2.75) is 13.2 Å². The Morgan fingerprint density at radius 3 is 2.70 bits per heavy atom. The smallest absolute Gasteiger partial charge is 0.277 e. The number of hydrogen-bond acceptors (Lipinski definition) is 7. The van der Waals surface area contributed by atoms with Crippen LogP contribution >= 0.6 is 39.1 Å². The number of anilines is 1. The van der Waals surface area contributed by atoms with Gasteiger partial charge < -0.3 is 21.1 Å². The molecule has 0 saturated carbocycles. The van der Waals surface area contributed by atoms with Crippen LogP contribution < -0.4 is 21.1 Å². The molecule has 1 amide bonds. The molecule has 11 heteroatoms. The first-order chi connectivity index (χ1) is 14.4. The van der Waals surface area contributed by atoms with E-state index in [1.165, 1.54) is 0 Å². The summed E-state index contributed by atoms with van der Waals surface area (Å²) in [6, 6.07) is 11.0. The fourth-order valence-corrected chi connectivity index (χ4v) is 3.42. The predicted octanol–water partition coefficient (Wildman–Crippen LogP) is 3.82. The van der Waals surface area contributed by atoms with Gasteiger partial charge in [0.05, 0.1) is 0 Å². The van der Waals surface area contributed by atoms with E-state index < -0.39 is 5.91 Å². The molecule has 0 unspecified atom stereocenters. The summed E-state index contributed by atoms with van der Waals surface area (Å²) in [4.78, 5) is 11.9. The van der Waals surface area contributed by atoms with E-state index in [2.05, 4.69) is 41.5 Å². The maximum atomic E-state index is 11.9. The molecule has 0 aliphatic heterocycles. The minimum Gasteiger partial charge on any atom is -0.489 e. The number of ether oxygens (including phenoxy) is 1. The van der Waals surface area contributed by atoms with Crippen molar-refractivity contribution in [3.05, 3.63) is 67.7 Å². The molecule has 0 bridgehead atoms. The monoisotopic (exact) mass is 513 g/mol. The van der Waals surface area contributed by atoms with Crippen LogP contribution in [0.3, 0.4) is 0 Å². The number of rotatable bonds is 9. The van der Waals surface area contributed by atoms with Gasteiger partial charge in [0.2, 0.25) is 11.5 Å². The maximum Gasteiger partial charge on any atom is 0.277 e. The molecule has 4 N–H and O–H groups in total. The van der Waals surface area contributed by atoms with Crippen LogP contribution in [0.25, 0.3) is 0 Å². The third kappa shape index (κ3) is 6.09. The molecule has 1 aromatic heterocycles. The molecule has 30 heavy (non-hydrogen) atoms. The van der Waals surface area contributed by atoms with Gasteiger partial charge in [0.1, 0.15) is 12.4 Å². The van der Waals surface area contributed by atoms with Crippen molar-refractivity contribution < 1.29 is 14.2 Å². The Labute approximate surface area is 191 Å². The number of hydrogen-bond donors (Lipinski definition) is 3. The second kappa shape index (κ2) is 10.6. The van der Waals surface area contributed by atoms with Crippen molar-refractivity contribution in [2.75, 3.05) is 18.8 Å². The number of nitrogen functional groups attached to an aromatic ring is 1. The minimum atomic E-state index is -0.443. The van der Waals surface area contributed by atoms with E-state index in [-0.39, 0.29) is 11.5 Å². The summed E-state index contributed by atoms with van der Waals surface area (Å²) in [5.41, 5.74) is 7.25. The van der Waals surface area contributed by atoms with Crippen LogP contribution in [0.1, 0.15) is 21.6 Å². The third-order valence-corrected chi connectivity index (χ3v) is 5.13. The van der Waals surface area contributed by atoms with E-state index in [4.69, 9.17) is 33.7 Å². The van der Waals surface area contributed by atoms with E-state index in [0.29, 0.717) is 36.3 Å². The Balaban J connectivity index is 1.51. The lowest BCUT2D eigenvalue weighted by atomic mass is 10.2. The molecule has 0 aliphatic carbocycles. The summed E-state index contributed by atoms with van der Waals surface area (Å²) in [7, 11) is 0. The highest BCUT2D eigenvalue weighted by Crippen LogP contribution is 2.26. The Bertz CT molecular complexity index is 1030. The molecular formula is C19H18BrCl2N5O3. The summed E-state index contributed by atoms with van der Waals surface area (Å²) in [6.07, 6.45) is 0. The van der Waals surface area contributed by atoms with Crippen LogP contribution in [-0.4, -0.2) is 29.3 Å². The van der Waals surface area contributed by atoms with Crippen molar-refractivity contribution in [3.8, 4) is 5.75 Å². The fraction of sp³-hybridized carbons (Fsp3) is 0.211. The predicted molar refractivity (Wildman–Crippen MR) is 118 cm³/mol. The normalized spacial score (nSPS) is 10.8. The lowest BCUT2D eigenvalue weighted by Gasteiger charge is -2.14. The fourth-order valence-electron chi connectivity index (χ4n) is 2.55. The first-order valence-corrected chi connectivity index (χ1v) is 10.4. The second-order valence-corrected chi connectivity index (χ2v) is 7.97. The molecule has 0 spiro atoms. The minimum absolute atomic E-state index is 0.0291. The molecule has 158 valence electrons. The average Bonchev–Trinajstić information content (AvgIpc) is 3.14. The lowest BCUT2D eigenvalue weighted by Crippen LogP contribution is -2.32. The van der Waals surface area contributed by atoms with Crippen LogP contribution in [0.5, 0.6) is 5.75 Å². The standard InChI is InChI=1S/C19H18BrCl2N5O3/c20-13-2-4-16(29-10-11-1-3-14(21)8-15(11)22)12(7-13)9-24-5-6-25-19(28)17-18(23)27-30-26-17/h1-4,7-8,24H,5-6,9-10H2,(H2,23,27)(H,25,28). The number of nitrogens with one attached hydrogen (secondary N) is 2. The molecule has 0 saturated heterocycles. The number of nitrogens with two attached hydrogens (primary N) is 1. The quantitative estimate of drug-likeness (QED) is 0.372. The zero-order chi connectivity index (χ0) is 21.5. The molecule has 3 aromatic rings. The van der Waals surface area contributed by atoms with Crippen LogP contribution in [-0.2, 0) is 13.2 Å². The van der Waals surface area contributed by atoms with Gasteiger partial charge in [0.15, 0.2) is 0 Å². The van der Waals surface area contributed by atoms with Gasteiger partial charge in [-0.15, -0.1) is 0 Å². The van der Waals surface area contributed by atoms with Gasteiger partial charge in [-0.3, -0.25) is 4.79 Å². The van der Waals surface area contributed by atoms with Crippen molar-refractivity contribution in [3.63, 3.8) is 0 Å². The first kappa shape index (κ1) is 22.4. The zero-order valence-electron chi connectivity index (χ0n) is 15.6. The number of benzene rings is 2. The highest BCUT2D eigenvalue weighted by Gasteiger charge is 2.15. The molecule has 1 heterocycles. The van der Waals surface area contributed by atoms with Gasteiger partial charge in [-0.1, -0.05) is 45.2 Å². The number of nitrogens with zero attached hydrogens (tertiary/aromatic N) is 2. The van der Waals surface area contributed by atoms with Crippen LogP contribution in [0.4, 0.5) is 5.82 Å². The summed E-state index contributed by atoms with van der Waals surface area (Å²) < 4.78 is 11.3. The molecular weight excluding hydrogens is 497 g/mol. The summed E-state index contributed by atoms with van der Waals surface area (Å²) in [5.74, 6) is 0.237. The Hall–Kier alpha value is -2.33. The number of carbonyl (C=O) groups is 1. The van der Waals surface area contributed by atoms with Crippen molar-refractivity contribution in [1.29, 1.82) is 0 Å². The lowest BCUT2D eigenvalue weighted by molar-refractivity contribution is 0.0944. The van der Waals surface area contributed by atoms with Crippen LogP contribution in [0.15, 0.2) is 45.5 Å². The van der Waals surface area contributed by atoms with Gasteiger partial charge in [0, 0.05) is 45.3 Å².